The van der Waals surface area contributed by atoms with E-state index in [9.17, 15) is 14.4 Å². The van der Waals surface area contributed by atoms with E-state index in [0.29, 0.717) is 33.5 Å². The maximum absolute atomic E-state index is 13.0. The van der Waals surface area contributed by atoms with Crippen molar-refractivity contribution in [2.45, 2.75) is 24.9 Å². The average Bonchev–Trinajstić information content (AvgIpc) is 3.64. The lowest BCUT2D eigenvalue weighted by molar-refractivity contribution is -0.127. The molecule has 0 spiro atoms. The molecule has 0 bridgehead atoms. The molecule has 2 heterocycles. The van der Waals surface area contributed by atoms with E-state index in [1.807, 2.05) is 6.07 Å². The number of fused-ring (bicyclic) bond motifs is 1. The van der Waals surface area contributed by atoms with Crippen molar-refractivity contribution in [1.82, 2.24) is 15.2 Å². The minimum absolute atomic E-state index is 0.0733. The number of anilines is 1. The molecule has 1 unspecified atom stereocenters. The highest BCUT2D eigenvalue weighted by molar-refractivity contribution is 6.30. The maximum atomic E-state index is 13.0. The van der Waals surface area contributed by atoms with Gasteiger partial charge in [0.2, 0.25) is 17.7 Å². The molecule has 5 rings (SSSR count). The van der Waals surface area contributed by atoms with Crippen molar-refractivity contribution in [3.8, 4) is 11.6 Å². The molecule has 8 nitrogen and oxygen atoms in total. The molecular weight excluding hydrogens is 456 g/mol. The van der Waals surface area contributed by atoms with Gasteiger partial charge in [-0.25, -0.2) is 4.98 Å². The Hall–Kier alpha value is -3.91. The van der Waals surface area contributed by atoms with Crippen molar-refractivity contribution >= 4 is 35.0 Å². The van der Waals surface area contributed by atoms with Gasteiger partial charge in [0.15, 0.2) is 0 Å². The number of hydrogen-bond donors (Lipinski definition) is 2. The van der Waals surface area contributed by atoms with Gasteiger partial charge in [-0.15, -0.1) is 0 Å². The molecule has 2 aliphatic rings. The number of benzene rings is 2. The fourth-order valence-electron chi connectivity index (χ4n) is 3.94. The van der Waals surface area contributed by atoms with E-state index in [1.165, 1.54) is 6.20 Å². The molecule has 1 aliphatic carbocycles. The summed E-state index contributed by atoms with van der Waals surface area (Å²) in [6.07, 6.45) is 3.23. The summed E-state index contributed by atoms with van der Waals surface area (Å²) in [5, 5.41) is 5.96. The van der Waals surface area contributed by atoms with E-state index in [4.69, 9.17) is 16.3 Å². The molecule has 2 N–H and O–H groups in total. The van der Waals surface area contributed by atoms with Gasteiger partial charge in [0, 0.05) is 22.7 Å². The molecule has 34 heavy (non-hydrogen) atoms. The fourth-order valence-corrected chi connectivity index (χ4v) is 4.07. The predicted octanol–water partition coefficient (Wildman–Crippen LogP) is 3.94. The Kier molecular flexibility index (Phi) is 5.90. The number of nitrogens with one attached hydrogen (secondary N) is 2. The van der Waals surface area contributed by atoms with Crippen LogP contribution in [0.3, 0.4) is 0 Å². The van der Waals surface area contributed by atoms with Crippen LogP contribution in [-0.4, -0.2) is 40.2 Å². The third-order valence-electron chi connectivity index (χ3n) is 5.67. The quantitative estimate of drug-likeness (QED) is 0.538. The monoisotopic (exact) mass is 476 g/mol. The molecule has 3 aromatic rings. The molecule has 2 aromatic carbocycles. The third-order valence-corrected chi connectivity index (χ3v) is 5.92. The molecule has 9 heteroatoms. The normalized spacial score (nSPS) is 16.7. The number of carbonyl (C=O) groups is 3. The first kappa shape index (κ1) is 21.9. The first-order valence-electron chi connectivity index (χ1n) is 10.9. The van der Waals surface area contributed by atoms with Gasteiger partial charge in [-0.05, 0) is 54.8 Å². The smallest absolute Gasteiger partial charge is 0.255 e. The van der Waals surface area contributed by atoms with E-state index in [-0.39, 0.29) is 24.4 Å². The largest absolute Gasteiger partial charge is 0.439 e. The number of rotatable bonds is 7. The zero-order valence-electron chi connectivity index (χ0n) is 18.0. The second kappa shape index (κ2) is 9.15. The highest BCUT2D eigenvalue weighted by Crippen LogP contribution is 2.41. The first-order chi connectivity index (χ1) is 16.5. The third kappa shape index (κ3) is 4.58. The SMILES string of the molecule is O=C(CNC(=O)C1c2ccccc2C(=O)N1C1CC1)Nc1ccc(Oc2ccc(Cl)cc2)nc1. The fraction of sp³-hybridized carbons (Fsp3) is 0.200. The topological polar surface area (TPSA) is 101 Å². The Bertz CT molecular complexity index is 1240. The van der Waals surface area contributed by atoms with Crippen molar-refractivity contribution in [2.75, 3.05) is 11.9 Å². The van der Waals surface area contributed by atoms with Crippen molar-refractivity contribution in [3.05, 3.63) is 83.0 Å². The number of aromatic nitrogens is 1. The summed E-state index contributed by atoms with van der Waals surface area (Å²) >= 11 is 5.86. The van der Waals surface area contributed by atoms with Crippen molar-refractivity contribution in [3.63, 3.8) is 0 Å². The second-order valence-corrected chi connectivity index (χ2v) is 8.58. The van der Waals surface area contributed by atoms with Gasteiger partial charge in [0.25, 0.3) is 5.91 Å². The van der Waals surface area contributed by atoms with E-state index < -0.39 is 11.9 Å². The summed E-state index contributed by atoms with van der Waals surface area (Å²) in [4.78, 5) is 44.0. The van der Waals surface area contributed by atoms with Crippen molar-refractivity contribution in [2.24, 2.45) is 0 Å². The molecule has 0 radical (unpaired) electrons. The molecular formula is C25H21ClN4O4. The Morgan fingerprint density at radius 2 is 1.82 bits per heavy atom. The Labute approximate surface area is 200 Å². The molecule has 1 aliphatic heterocycles. The van der Waals surface area contributed by atoms with Crippen LogP contribution >= 0.6 is 11.6 Å². The maximum Gasteiger partial charge on any atom is 0.255 e. The summed E-state index contributed by atoms with van der Waals surface area (Å²) in [5.74, 6) is 0.0407. The lowest BCUT2D eigenvalue weighted by Gasteiger charge is -2.24. The van der Waals surface area contributed by atoms with Gasteiger partial charge in [-0.2, -0.15) is 0 Å². The summed E-state index contributed by atoms with van der Waals surface area (Å²) < 4.78 is 5.63. The number of pyridine rings is 1. The lowest BCUT2D eigenvalue weighted by atomic mass is 10.0. The van der Waals surface area contributed by atoms with Gasteiger partial charge < -0.3 is 20.3 Å². The number of hydrogen-bond acceptors (Lipinski definition) is 5. The number of halogens is 1. The summed E-state index contributed by atoms with van der Waals surface area (Å²) in [6.45, 7) is -0.229. The van der Waals surface area contributed by atoms with E-state index >= 15 is 0 Å². The van der Waals surface area contributed by atoms with E-state index in [0.717, 1.165) is 12.8 Å². The van der Waals surface area contributed by atoms with Crippen LogP contribution in [0.5, 0.6) is 11.6 Å². The minimum atomic E-state index is -0.713. The zero-order chi connectivity index (χ0) is 23.7. The van der Waals surface area contributed by atoms with Gasteiger partial charge >= 0.3 is 0 Å². The van der Waals surface area contributed by atoms with Crippen LogP contribution in [0.15, 0.2) is 66.9 Å². The highest BCUT2D eigenvalue weighted by atomic mass is 35.5. The van der Waals surface area contributed by atoms with Gasteiger partial charge in [-0.1, -0.05) is 29.8 Å². The van der Waals surface area contributed by atoms with Gasteiger partial charge in [0.05, 0.1) is 18.4 Å². The Balaban J connectivity index is 1.17. The molecule has 1 aromatic heterocycles. The zero-order valence-corrected chi connectivity index (χ0v) is 18.8. The Morgan fingerprint density at radius 1 is 1.06 bits per heavy atom. The van der Waals surface area contributed by atoms with Crippen molar-refractivity contribution < 1.29 is 19.1 Å². The second-order valence-electron chi connectivity index (χ2n) is 8.14. The number of carbonyl (C=O) groups excluding carboxylic acids is 3. The summed E-state index contributed by atoms with van der Waals surface area (Å²) in [7, 11) is 0. The molecule has 172 valence electrons. The molecule has 1 atom stereocenters. The van der Waals surface area contributed by atoms with Crippen molar-refractivity contribution in [1.29, 1.82) is 0 Å². The van der Waals surface area contributed by atoms with Gasteiger partial charge in [0.1, 0.15) is 11.8 Å². The first-order valence-corrected chi connectivity index (χ1v) is 11.3. The standard InChI is InChI=1S/C25H21ClN4O4/c26-15-5-10-18(11-6-15)34-22-12-7-16(13-27-22)29-21(31)14-28-24(32)23-19-3-1-2-4-20(19)25(33)30(23)17-8-9-17/h1-7,10-13,17,23H,8-9,14H2,(H,28,32)(H,29,31). The summed E-state index contributed by atoms with van der Waals surface area (Å²) in [5.41, 5.74) is 1.69. The van der Waals surface area contributed by atoms with Crippen LogP contribution in [0.2, 0.25) is 5.02 Å². The highest BCUT2D eigenvalue weighted by Gasteiger charge is 2.47. The van der Waals surface area contributed by atoms with Crippen LogP contribution in [0.25, 0.3) is 0 Å². The lowest BCUT2D eigenvalue weighted by Crippen LogP contribution is -2.42. The van der Waals surface area contributed by atoms with Crippen LogP contribution in [0.4, 0.5) is 5.69 Å². The predicted molar refractivity (Wildman–Crippen MR) is 126 cm³/mol. The molecule has 1 fully saturated rings. The molecule has 1 saturated carbocycles. The minimum Gasteiger partial charge on any atom is -0.439 e. The summed E-state index contributed by atoms with van der Waals surface area (Å²) in [6, 6.07) is 16.6. The van der Waals surface area contributed by atoms with E-state index in [2.05, 4.69) is 15.6 Å². The average molecular weight is 477 g/mol. The van der Waals surface area contributed by atoms with E-state index in [1.54, 1.807) is 59.5 Å². The van der Waals surface area contributed by atoms with Crippen LogP contribution in [0, 0.1) is 0 Å². The van der Waals surface area contributed by atoms with Crippen LogP contribution in [0.1, 0.15) is 34.8 Å². The number of ether oxygens (including phenoxy) is 1. The number of nitrogens with zero attached hydrogens (tertiary/aromatic N) is 2. The van der Waals surface area contributed by atoms with Crippen LogP contribution < -0.4 is 15.4 Å². The number of amides is 3. The van der Waals surface area contributed by atoms with Crippen LogP contribution in [-0.2, 0) is 9.59 Å². The molecule has 3 amide bonds. The Morgan fingerprint density at radius 3 is 2.53 bits per heavy atom. The molecule has 0 saturated heterocycles. The van der Waals surface area contributed by atoms with Gasteiger partial charge in [-0.3, -0.25) is 14.4 Å².